The van der Waals surface area contributed by atoms with E-state index in [0.29, 0.717) is 0 Å². The highest BCUT2D eigenvalue weighted by Gasteiger charge is 2.23. The highest BCUT2D eigenvalue weighted by molar-refractivity contribution is 7.73. The van der Waals surface area contributed by atoms with Crippen LogP contribution >= 0.6 is 34.9 Å². The van der Waals surface area contributed by atoms with Gasteiger partial charge in [0.15, 0.2) is 21.2 Å². The van der Waals surface area contributed by atoms with E-state index in [1.807, 2.05) is 6.07 Å². The minimum absolute atomic E-state index is 0.726. The van der Waals surface area contributed by atoms with Crippen molar-refractivity contribution in [1.29, 1.82) is 0 Å². The van der Waals surface area contributed by atoms with E-state index in [1.165, 1.54) is 5.56 Å². The summed E-state index contributed by atoms with van der Waals surface area (Å²) in [5, 5.41) is 2.08. The Morgan fingerprint density at radius 2 is 1.80 bits per heavy atom. The molecule has 3 aromatic heterocycles. The summed E-state index contributed by atoms with van der Waals surface area (Å²) in [6, 6.07) is 14.6. The van der Waals surface area contributed by atoms with Gasteiger partial charge in [-0.15, -0.1) is 11.3 Å². The topological polar surface area (TPSA) is 37.2 Å². The first kappa shape index (κ1) is 19.8. The highest BCUT2D eigenvalue weighted by atomic mass is 32.1. The summed E-state index contributed by atoms with van der Waals surface area (Å²) in [4.78, 5) is 16.0. The first-order valence-electron chi connectivity index (χ1n) is 10.2. The second kappa shape index (κ2) is 8.55. The van der Waals surface area contributed by atoms with Gasteiger partial charge in [-0.3, -0.25) is 0 Å². The monoisotopic (exact) mass is 453 g/mol. The number of anilines is 1. The van der Waals surface area contributed by atoms with E-state index in [4.69, 9.17) is 22.2 Å². The highest BCUT2D eigenvalue weighted by Crippen LogP contribution is 2.34. The van der Waals surface area contributed by atoms with Gasteiger partial charge in [0.2, 0.25) is 0 Å². The number of thiazole rings is 1. The quantitative estimate of drug-likeness (QED) is 0.391. The van der Waals surface area contributed by atoms with Crippen LogP contribution in [0.2, 0.25) is 0 Å². The lowest BCUT2D eigenvalue weighted by Crippen LogP contribution is -2.46. The van der Waals surface area contributed by atoms with Gasteiger partial charge < -0.3 is 14.4 Å². The van der Waals surface area contributed by atoms with Crippen molar-refractivity contribution in [3.05, 3.63) is 57.4 Å². The van der Waals surface area contributed by atoms with E-state index in [2.05, 4.69) is 63.1 Å². The predicted octanol–water partition coefficient (Wildman–Crippen LogP) is 5.14. The Morgan fingerprint density at radius 1 is 1.00 bits per heavy atom. The van der Waals surface area contributed by atoms with Crippen molar-refractivity contribution in [3.8, 4) is 10.7 Å². The molecule has 30 heavy (non-hydrogen) atoms. The third-order valence-corrected chi connectivity index (χ3v) is 7.84. The van der Waals surface area contributed by atoms with E-state index >= 15 is 0 Å². The van der Waals surface area contributed by atoms with Gasteiger partial charge in [0, 0.05) is 26.2 Å². The molecule has 1 saturated heterocycles. The van der Waals surface area contributed by atoms with Crippen molar-refractivity contribution in [2.45, 2.75) is 13.5 Å². The Labute approximate surface area is 189 Å². The van der Waals surface area contributed by atoms with Crippen LogP contribution in [0.4, 0.5) is 5.82 Å². The molecule has 1 aliphatic rings. The van der Waals surface area contributed by atoms with E-state index < -0.39 is 0 Å². The molecule has 4 heterocycles. The molecule has 0 amide bonds. The largest absolute Gasteiger partial charge is 0.353 e. The van der Waals surface area contributed by atoms with Crippen molar-refractivity contribution in [3.63, 3.8) is 0 Å². The van der Waals surface area contributed by atoms with Crippen LogP contribution in [0.5, 0.6) is 0 Å². The molecular formula is C22H23N5S3. The van der Waals surface area contributed by atoms with Gasteiger partial charge >= 0.3 is 0 Å². The Bertz CT molecular complexity index is 1190. The molecule has 154 valence electrons. The summed E-state index contributed by atoms with van der Waals surface area (Å²) in [5.41, 5.74) is 2.17. The van der Waals surface area contributed by atoms with Gasteiger partial charge in [0.05, 0.1) is 11.4 Å². The Balaban J connectivity index is 1.63. The van der Waals surface area contributed by atoms with Crippen LogP contribution in [0.1, 0.15) is 12.5 Å². The molecule has 5 nitrogen and oxygen atoms in total. The summed E-state index contributed by atoms with van der Waals surface area (Å²) in [6.45, 7) is 8.13. The fourth-order valence-corrected chi connectivity index (χ4v) is 5.85. The van der Waals surface area contributed by atoms with Crippen LogP contribution in [0.3, 0.4) is 0 Å². The average molecular weight is 454 g/mol. The Hall–Kier alpha value is -2.13. The van der Waals surface area contributed by atoms with Crippen LogP contribution in [-0.2, 0) is 6.54 Å². The molecular weight excluding hydrogens is 430 g/mol. The predicted molar refractivity (Wildman–Crippen MR) is 129 cm³/mol. The normalized spacial score (nSPS) is 15.2. The van der Waals surface area contributed by atoms with Crippen LogP contribution in [0, 0.1) is 3.95 Å². The number of aromatic nitrogens is 3. The summed E-state index contributed by atoms with van der Waals surface area (Å²) >= 11 is 9.09. The van der Waals surface area contributed by atoms with Gasteiger partial charge in [-0.25, -0.2) is 9.97 Å². The van der Waals surface area contributed by atoms with Crippen molar-refractivity contribution < 1.29 is 0 Å². The van der Waals surface area contributed by atoms with E-state index in [9.17, 15) is 0 Å². The molecule has 1 fully saturated rings. The average Bonchev–Trinajstić information content (AvgIpc) is 3.43. The zero-order chi connectivity index (χ0) is 20.5. The number of hydrogen-bond donors (Lipinski definition) is 0. The molecule has 0 aliphatic carbocycles. The molecule has 0 saturated carbocycles. The van der Waals surface area contributed by atoms with Crippen LogP contribution < -0.4 is 4.90 Å². The van der Waals surface area contributed by atoms with Gasteiger partial charge in [0.25, 0.3) is 0 Å². The van der Waals surface area contributed by atoms with Crippen molar-refractivity contribution >= 4 is 51.1 Å². The smallest absolute Gasteiger partial charge is 0.173 e. The fraction of sp³-hybridized carbons (Fsp3) is 0.318. The van der Waals surface area contributed by atoms with Gasteiger partial charge in [-0.2, -0.15) is 0 Å². The maximum Gasteiger partial charge on any atom is 0.173 e. The molecule has 5 rings (SSSR count). The second-order valence-electron chi connectivity index (χ2n) is 7.36. The third kappa shape index (κ3) is 3.80. The van der Waals surface area contributed by atoms with E-state index in [0.717, 1.165) is 70.1 Å². The first-order chi connectivity index (χ1) is 14.7. The molecule has 8 heteroatoms. The lowest BCUT2D eigenvalue weighted by atomic mass is 10.2. The number of likely N-dealkylation sites (N-methyl/N-ethyl adjacent to an activating group) is 1. The van der Waals surface area contributed by atoms with Gasteiger partial charge in [-0.1, -0.05) is 54.7 Å². The molecule has 1 aliphatic heterocycles. The molecule has 0 unspecified atom stereocenters. The number of thiophene rings is 1. The number of fused-ring (bicyclic) bond motifs is 1. The van der Waals surface area contributed by atoms with E-state index in [1.54, 1.807) is 22.7 Å². The van der Waals surface area contributed by atoms with Crippen molar-refractivity contribution in [2.75, 3.05) is 37.6 Å². The van der Waals surface area contributed by atoms with Crippen LogP contribution in [-0.4, -0.2) is 52.2 Å². The lowest BCUT2D eigenvalue weighted by molar-refractivity contribution is 0.271. The molecule has 4 aromatic rings. The first-order valence-corrected chi connectivity index (χ1v) is 12.3. The minimum Gasteiger partial charge on any atom is -0.353 e. The standard InChI is InChI=1S/C22H23N5S3/c1-2-25-10-12-26(13-11-25)20-18-21(24-19(23-20)17-9-6-14-29-17)27(22(28)30-18)15-16-7-4-3-5-8-16/h3-9,14H,2,10-13,15H2,1H3. The molecule has 1 aromatic carbocycles. The Kier molecular flexibility index (Phi) is 5.64. The Morgan fingerprint density at radius 3 is 2.50 bits per heavy atom. The second-order valence-corrected chi connectivity index (χ2v) is 9.95. The maximum absolute atomic E-state index is 5.78. The summed E-state index contributed by atoms with van der Waals surface area (Å²) < 4.78 is 4.11. The number of piperazine rings is 1. The van der Waals surface area contributed by atoms with Crippen molar-refractivity contribution in [1.82, 2.24) is 19.4 Å². The number of hydrogen-bond acceptors (Lipinski definition) is 7. The fourth-order valence-electron chi connectivity index (χ4n) is 3.84. The molecule has 0 N–H and O–H groups in total. The summed E-state index contributed by atoms with van der Waals surface area (Å²) in [5.74, 6) is 1.82. The number of benzene rings is 1. The van der Waals surface area contributed by atoms with Crippen molar-refractivity contribution in [2.24, 2.45) is 0 Å². The zero-order valence-electron chi connectivity index (χ0n) is 16.8. The third-order valence-electron chi connectivity index (χ3n) is 5.54. The van der Waals surface area contributed by atoms with Crippen LogP contribution in [0.25, 0.3) is 21.0 Å². The lowest BCUT2D eigenvalue weighted by Gasteiger charge is -2.34. The van der Waals surface area contributed by atoms with E-state index in [-0.39, 0.29) is 0 Å². The minimum atomic E-state index is 0.726. The van der Waals surface area contributed by atoms with Gasteiger partial charge in [-0.05, 0) is 35.8 Å². The SMILES string of the molecule is CCN1CCN(c2nc(-c3cccs3)nc3c2sc(=S)n3Cc2ccccc2)CC1. The summed E-state index contributed by atoms with van der Waals surface area (Å²) in [6.07, 6.45) is 0. The van der Waals surface area contributed by atoms with Crippen LogP contribution in [0.15, 0.2) is 47.8 Å². The summed E-state index contributed by atoms with van der Waals surface area (Å²) in [7, 11) is 0. The zero-order valence-corrected chi connectivity index (χ0v) is 19.3. The molecule has 0 radical (unpaired) electrons. The number of nitrogens with zero attached hydrogens (tertiary/aromatic N) is 5. The maximum atomic E-state index is 5.78. The molecule has 0 spiro atoms. The molecule has 0 atom stereocenters. The van der Waals surface area contributed by atoms with Gasteiger partial charge in [0.1, 0.15) is 4.70 Å². The number of rotatable bonds is 5. The molecule has 0 bridgehead atoms.